The van der Waals surface area contributed by atoms with E-state index in [-0.39, 0.29) is 11.9 Å². The molecule has 4 nitrogen and oxygen atoms in total. The zero-order chi connectivity index (χ0) is 16.7. The van der Waals surface area contributed by atoms with Gasteiger partial charge in [-0.3, -0.25) is 9.59 Å². The largest absolute Gasteiger partial charge is 0.426 e. The predicted molar refractivity (Wildman–Crippen MR) is 93.7 cm³/mol. The molecule has 0 atom stereocenters. The summed E-state index contributed by atoms with van der Waals surface area (Å²) in [4.78, 5) is 22.7. The third-order valence-corrected chi connectivity index (χ3v) is 3.99. The smallest absolute Gasteiger partial charge is 0.321 e. The summed E-state index contributed by atoms with van der Waals surface area (Å²) in [6.07, 6.45) is 0. The van der Waals surface area contributed by atoms with Crippen molar-refractivity contribution in [3.8, 4) is 5.75 Å². The van der Waals surface area contributed by atoms with E-state index in [1.165, 1.54) is 29.8 Å². The van der Waals surface area contributed by atoms with Gasteiger partial charge in [0.1, 0.15) is 5.75 Å². The van der Waals surface area contributed by atoms with Gasteiger partial charge in [0.2, 0.25) is 5.91 Å². The van der Waals surface area contributed by atoms with E-state index in [1.54, 1.807) is 24.3 Å². The highest BCUT2D eigenvalue weighted by Gasteiger charge is 2.06. The minimum atomic E-state index is -0.283. The molecular weight excluding hydrogens is 310 g/mol. The Morgan fingerprint density at radius 1 is 1.04 bits per heavy atom. The van der Waals surface area contributed by atoms with Gasteiger partial charge in [-0.2, -0.15) is 0 Å². The third-order valence-electron chi connectivity index (χ3n) is 3.02. The first kappa shape index (κ1) is 17.1. The van der Waals surface area contributed by atoms with Gasteiger partial charge in [0.25, 0.3) is 0 Å². The van der Waals surface area contributed by atoms with Gasteiger partial charge in [-0.25, -0.2) is 0 Å². The first-order chi connectivity index (χ1) is 11.0. The number of rotatable bonds is 6. The number of ether oxygens (including phenoxy) is 1. The second kappa shape index (κ2) is 8.39. The van der Waals surface area contributed by atoms with E-state index in [1.807, 2.05) is 6.92 Å². The summed E-state index contributed by atoms with van der Waals surface area (Å²) < 4.78 is 5.26. The van der Waals surface area contributed by atoms with Crippen molar-refractivity contribution >= 4 is 29.3 Å². The van der Waals surface area contributed by atoms with Crippen LogP contribution in [0.4, 0.5) is 5.69 Å². The number of thioether (sulfide) groups is 1. The molecule has 1 N–H and O–H groups in total. The Labute approximate surface area is 140 Å². The first-order valence-corrected chi connectivity index (χ1v) is 8.40. The Morgan fingerprint density at radius 3 is 2.30 bits per heavy atom. The topological polar surface area (TPSA) is 55.4 Å². The standard InChI is InChI=1S/C18H19NO3S/c1-13-3-5-15(6-4-13)11-23-12-18(21)22-17-9-7-16(8-10-17)19-14(2)20/h3-10H,11-12H2,1-2H3,(H,19,20). The molecule has 0 saturated carbocycles. The lowest BCUT2D eigenvalue weighted by Crippen LogP contribution is -2.11. The highest BCUT2D eigenvalue weighted by Crippen LogP contribution is 2.17. The molecule has 2 aromatic carbocycles. The van der Waals surface area contributed by atoms with E-state index < -0.39 is 0 Å². The summed E-state index contributed by atoms with van der Waals surface area (Å²) in [5.74, 6) is 1.12. The lowest BCUT2D eigenvalue weighted by atomic mass is 10.2. The van der Waals surface area contributed by atoms with Crippen molar-refractivity contribution in [1.29, 1.82) is 0 Å². The minimum Gasteiger partial charge on any atom is -0.426 e. The molecule has 120 valence electrons. The first-order valence-electron chi connectivity index (χ1n) is 7.24. The fraction of sp³-hybridized carbons (Fsp3) is 0.222. The zero-order valence-electron chi connectivity index (χ0n) is 13.2. The Bertz CT molecular complexity index is 666. The number of amides is 1. The third kappa shape index (κ3) is 6.16. The van der Waals surface area contributed by atoms with Gasteiger partial charge >= 0.3 is 5.97 Å². The molecule has 0 aliphatic rings. The van der Waals surface area contributed by atoms with Crippen molar-refractivity contribution in [1.82, 2.24) is 0 Å². The van der Waals surface area contributed by atoms with Crippen LogP contribution < -0.4 is 10.1 Å². The summed E-state index contributed by atoms with van der Waals surface area (Å²) >= 11 is 1.52. The van der Waals surface area contributed by atoms with E-state index >= 15 is 0 Å². The van der Waals surface area contributed by atoms with Gasteiger partial charge in [0, 0.05) is 18.4 Å². The van der Waals surface area contributed by atoms with Crippen LogP contribution in [0.25, 0.3) is 0 Å². The van der Waals surface area contributed by atoms with Crippen LogP contribution in [-0.4, -0.2) is 17.6 Å². The maximum atomic E-state index is 11.8. The normalized spacial score (nSPS) is 10.2. The number of aryl methyl sites for hydroxylation is 1. The summed E-state index contributed by atoms with van der Waals surface area (Å²) in [6, 6.07) is 15.0. The van der Waals surface area contributed by atoms with Gasteiger partial charge in [-0.15, -0.1) is 11.8 Å². The summed E-state index contributed by atoms with van der Waals surface area (Å²) in [6.45, 7) is 3.49. The number of benzene rings is 2. The molecule has 23 heavy (non-hydrogen) atoms. The van der Waals surface area contributed by atoms with Crippen molar-refractivity contribution in [2.75, 3.05) is 11.1 Å². The molecule has 2 aromatic rings. The van der Waals surface area contributed by atoms with E-state index in [2.05, 4.69) is 29.6 Å². The van der Waals surface area contributed by atoms with Crippen molar-refractivity contribution in [3.05, 3.63) is 59.7 Å². The molecular formula is C18H19NO3S. The number of esters is 1. The number of hydrogen-bond donors (Lipinski definition) is 1. The monoisotopic (exact) mass is 329 g/mol. The van der Waals surface area contributed by atoms with Gasteiger partial charge in [-0.1, -0.05) is 29.8 Å². The molecule has 0 aliphatic carbocycles. The number of anilines is 1. The Balaban J connectivity index is 1.76. The van der Waals surface area contributed by atoms with Crippen LogP contribution in [0.5, 0.6) is 5.75 Å². The van der Waals surface area contributed by atoms with E-state index in [0.29, 0.717) is 17.2 Å². The summed E-state index contributed by atoms with van der Waals surface area (Å²) in [5, 5.41) is 2.66. The lowest BCUT2D eigenvalue weighted by molar-refractivity contribution is -0.131. The molecule has 0 radical (unpaired) electrons. The average molecular weight is 329 g/mol. The summed E-state index contributed by atoms with van der Waals surface area (Å²) in [5.41, 5.74) is 3.08. The fourth-order valence-electron chi connectivity index (χ4n) is 1.91. The van der Waals surface area contributed by atoms with Crippen LogP contribution in [0, 0.1) is 6.92 Å². The second-order valence-electron chi connectivity index (χ2n) is 5.16. The minimum absolute atomic E-state index is 0.137. The van der Waals surface area contributed by atoms with Gasteiger partial charge in [0.05, 0.1) is 5.75 Å². The Morgan fingerprint density at radius 2 is 1.70 bits per heavy atom. The SMILES string of the molecule is CC(=O)Nc1ccc(OC(=O)CSCc2ccc(C)cc2)cc1. The quantitative estimate of drug-likeness (QED) is 0.647. The number of hydrogen-bond acceptors (Lipinski definition) is 4. The van der Waals surface area contributed by atoms with Crippen molar-refractivity contribution in [2.45, 2.75) is 19.6 Å². The molecule has 0 saturated heterocycles. The molecule has 1 amide bonds. The maximum absolute atomic E-state index is 11.8. The molecule has 0 heterocycles. The van der Waals surface area contributed by atoms with Crippen molar-refractivity contribution in [2.24, 2.45) is 0 Å². The lowest BCUT2D eigenvalue weighted by Gasteiger charge is -2.06. The molecule has 2 rings (SSSR count). The zero-order valence-corrected chi connectivity index (χ0v) is 14.0. The molecule has 0 aromatic heterocycles. The number of carbonyl (C=O) groups is 2. The van der Waals surface area contributed by atoms with Crippen LogP contribution in [0.1, 0.15) is 18.1 Å². The Hall–Kier alpha value is -2.27. The maximum Gasteiger partial charge on any atom is 0.321 e. The second-order valence-corrected chi connectivity index (χ2v) is 6.14. The van der Waals surface area contributed by atoms with Crippen LogP contribution >= 0.6 is 11.8 Å². The van der Waals surface area contributed by atoms with Gasteiger partial charge in [0.15, 0.2) is 0 Å². The van der Waals surface area contributed by atoms with Crippen LogP contribution in [0.15, 0.2) is 48.5 Å². The van der Waals surface area contributed by atoms with Crippen LogP contribution in [-0.2, 0) is 15.3 Å². The fourth-order valence-corrected chi connectivity index (χ4v) is 2.66. The van der Waals surface area contributed by atoms with Gasteiger partial charge < -0.3 is 10.1 Å². The van der Waals surface area contributed by atoms with Crippen LogP contribution in [0.2, 0.25) is 0 Å². The van der Waals surface area contributed by atoms with E-state index in [9.17, 15) is 9.59 Å². The molecule has 0 aliphatic heterocycles. The van der Waals surface area contributed by atoms with E-state index in [0.717, 1.165) is 5.75 Å². The number of carbonyl (C=O) groups excluding carboxylic acids is 2. The molecule has 0 bridgehead atoms. The van der Waals surface area contributed by atoms with Crippen molar-refractivity contribution in [3.63, 3.8) is 0 Å². The number of nitrogens with one attached hydrogen (secondary N) is 1. The van der Waals surface area contributed by atoms with Crippen LogP contribution in [0.3, 0.4) is 0 Å². The molecule has 5 heteroatoms. The summed E-state index contributed by atoms with van der Waals surface area (Å²) in [7, 11) is 0. The molecule has 0 fully saturated rings. The van der Waals surface area contributed by atoms with Gasteiger partial charge in [-0.05, 0) is 36.8 Å². The average Bonchev–Trinajstić information content (AvgIpc) is 2.51. The highest BCUT2D eigenvalue weighted by atomic mass is 32.2. The van der Waals surface area contributed by atoms with Crippen molar-refractivity contribution < 1.29 is 14.3 Å². The molecule has 0 unspecified atom stereocenters. The van der Waals surface area contributed by atoms with E-state index in [4.69, 9.17) is 4.74 Å². The molecule has 0 spiro atoms. The highest BCUT2D eigenvalue weighted by molar-refractivity contribution is 7.99. The predicted octanol–water partition coefficient (Wildman–Crippen LogP) is 3.79. The Kier molecular flexibility index (Phi) is 6.23.